The Morgan fingerprint density at radius 2 is 1.81 bits per heavy atom. The van der Waals surface area contributed by atoms with Crippen molar-refractivity contribution in [3.8, 4) is 0 Å². The first kappa shape index (κ1) is 20.1. The number of nitro groups is 1. The van der Waals surface area contributed by atoms with Crippen molar-refractivity contribution in [3.05, 3.63) is 33.3 Å². The van der Waals surface area contributed by atoms with E-state index in [1.165, 1.54) is 19.2 Å². The Balaban J connectivity index is 0.00000400. The van der Waals surface area contributed by atoms with Crippen molar-refractivity contribution in [2.75, 3.05) is 34.2 Å². The quantitative estimate of drug-likeness (QED) is 0.572. The second-order valence-corrected chi connectivity index (χ2v) is 6.95. The van der Waals surface area contributed by atoms with Gasteiger partial charge in [0.2, 0.25) is 10.0 Å². The number of hydrogen-bond donors (Lipinski definition) is 0. The van der Waals surface area contributed by atoms with E-state index in [9.17, 15) is 18.5 Å². The SMILES string of the molecule is CN(C)CCN(C)S(=O)(=O)c1ccc(Cl)c([N+](=O)[O-])c1.Cl. The molecule has 1 rings (SSSR count). The standard InChI is InChI=1S/C11H16ClN3O4S.ClH/c1-13(2)6-7-14(3)20(18,19)9-4-5-10(12)11(8-9)15(16)17;/h4-5,8H,6-7H2,1-3H3;1H. The highest BCUT2D eigenvalue weighted by Crippen LogP contribution is 2.28. The van der Waals surface area contributed by atoms with Crippen LogP contribution in [0.1, 0.15) is 0 Å². The fourth-order valence-corrected chi connectivity index (χ4v) is 2.80. The molecule has 7 nitrogen and oxygen atoms in total. The van der Waals surface area contributed by atoms with E-state index in [4.69, 9.17) is 11.6 Å². The highest BCUT2D eigenvalue weighted by atomic mass is 35.5. The minimum atomic E-state index is -3.76. The van der Waals surface area contributed by atoms with E-state index in [0.29, 0.717) is 6.54 Å². The maximum Gasteiger partial charge on any atom is 0.289 e. The molecule has 0 aliphatic carbocycles. The topological polar surface area (TPSA) is 83.8 Å². The Labute approximate surface area is 135 Å². The second-order valence-electron chi connectivity index (χ2n) is 4.50. The summed E-state index contributed by atoms with van der Waals surface area (Å²) in [6.45, 7) is 0.831. The predicted octanol–water partition coefficient (Wildman–Crippen LogP) is 1.85. The molecule has 0 unspecified atom stereocenters. The fraction of sp³-hybridized carbons (Fsp3) is 0.455. The molecule has 0 aromatic heterocycles. The summed E-state index contributed by atoms with van der Waals surface area (Å²) in [7, 11) is 1.32. The van der Waals surface area contributed by atoms with Gasteiger partial charge in [0.25, 0.3) is 5.69 Å². The van der Waals surface area contributed by atoms with Gasteiger partial charge in [0.15, 0.2) is 0 Å². The number of likely N-dealkylation sites (N-methyl/N-ethyl adjacent to an activating group) is 2. The molecule has 0 heterocycles. The summed E-state index contributed by atoms with van der Waals surface area (Å²) in [5.41, 5.74) is -0.422. The Bertz CT molecular complexity index is 607. The van der Waals surface area contributed by atoms with Crippen molar-refractivity contribution >= 4 is 39.7 Å². The van der Waals surface area contributed by atoms with E-state index in [1.54, 1.807) is 0 Å². The average molecular weight is 358 g/mol. The van der Waals surface area contributed by atoms with Crippen LogP contribution < -0.4 is 0 Å². The van der Waals surface area contributed by atoms with Crippen LogP contribution in [0.15, 0.2) is 23.1 Å². The summed E-state index contributed by atoms with van der Waals surface area (Å²) in [5, 5.41) is 10.7. The third-order valence-electron chi connectivity index (χ3n) is 2.68. The van der Waals surface area contributed by atoms with Gasteiger partial charge in [0.05, 0.1) is 9.82 Å². The van der Waals surface area contributed by atoms with Crippen LogP contribution in [0.4, 0.5) is 5.69 Å². The smallest absolute Gasteiger partial charge is 0.289 e. The zero-order valence-electron chi connectivity index (χ0n) is 11.8. The van der Waals surface area contributed by atoms with Crippen LogP contribution in [0.3, 0.4) is 0 Å². The van der Waals surface area contributed by atoms with Crippen LogP contribution in [0.25, 0.3) is 0 Å². The normalized spacial score (nSPS) is 11.5. The molecule has 0 spiro atoms. The summed E-state index contributed by atoms with van der Waals surface area (Å²) < 4.78 is 25.7. The van der Waals surface area contributed by atoms with E-state index in [1.807, 2.05) is 19.0 Å². The Morgan fingerprint density at radius 3 is 2.29 bits per heavy atom. The Morgan fingerprint density at radius 1 is 1.24 bits per heavy atom. The largest absolute Gasteiger partial charge is 0.308 e. The van der Waals surface area contributed by atoms with Gasteiger partial charge < -0.3 is 4.90 Å². The molecule has 0 fully saturated rings. The Kier molecular flexibility index (Phi) is 7.55. The van der Waals surface area contributed by atoms with E-state index in [2.05, 4.69) is 0 Å². The van der Waals surface area contributed by atoms with E-state index in [-0.39, 0.29) is 28.9 Å². The lowest BCUT2D eigenvalue weighted by molar-refractivity contribution is -0.384. The zero-order chi connectivity index (χ0) is 15.5. The molecule has 0 radical (unpaired) electrons. The van der Waals surface area contributed by atoms with Crippen molar-refractivity contribution < 1.29 is 13.3 Å². The monoisotopic (exact) mass is 357 g/mol. The van der Waals surface area contributed by atoms with Crippen LogP contribution in [-0.2, 0) is 10.0 Å². The molecule has 1 aromatic rings. The van der Waals surface area contributed by atoms with Gasteiger partial charge in [-0.3, -0.25) is 10.1 Å². The molecule has 0 amide bonds. The third kappa shape index (κ3) is 5.08. The molecular weight excluding hydrogens is 341 g/mol. The van der Waals surface area contributed by atoms with E-state index >= 15 is 0 Å². The minimum absolute atomic E-state index is 0. The predicted molar refractivity (Wildman–Crippen MR) is 83.7 cm³/mol. The maximum absolute atomic E-state index is 12.3. The molecular formula is C11H17Cl2N3O4S. The molecule has 0 bridgehead atoms. The minimum Gasteiger partial charge on any atom is -0.308 e. The van der Waals surface area contributed by atoms with Crippen molar-refractivity contribution in [2.45, 2.75) is 4.90 Å². The molecule has 0 saturated carbocycles. The first-order chi connectivity index (χ1) is 9.16. The van der Waals surface area contributed by atoms with Crippen LogP contribution in [0, 0.1) is 10.1 Å². The van der Waals surface area contributed by atoms with Gasteiger partial charge in [-0.15, -0.1) is 12.4 Å². The lowest BCUT2D eigenvalue weighted by Crippen LogP contribution is -2.33. The lowest BCUT2D eigenvalue weighted by Gasteiger charge is -2.19. The van der Waals surface area contributed by atoms with Crippen LogP contribution in [0.5, 0.6) is 0 Å². The molecule has 0 aliphatic heterocycles. The molecule has 0 atom stereocenters. The molecule has 1 aromatic carbocycles. The van der Waals surface area contributed by atoms with Gasteiger partial charge in [0, 0.05) is 26.2 Å². The molecule has 0 N–H and O–H groups in total. The number of sulfonamides is 1. The first-order valence-electron chi connectivity index (χ1n) is 5.71. The van der Waals surface area contributed by atoms with Gasteiger partial charge in [-0.2, -0.15) is 4.31 Å². The Hall–Kier alpha value is -0.930. The number of hydrogen-bond acceptors (Lipinski definition) is 5. The van der Waals surface area contributed by atoms with Crippen molar-refractivity contribution in [2.24, 2.45) is 0 Å². The lowest BCUT2D eigenvalue weighted by atomic mass is 10.3. The zero-order valence-corrected chi connectivity index (χ0v) is 14.2. The van der Waals surface area contributed by atoms with Crippen LogP contribution >= 0.6 is 24.0 Å². The summed E-state index contributed by atoms with van der Waals surface area (Å²) in [6.07, 6.45) is 0. The summed E-state index contributed by atoms with van der Waals surface area (Å²) >= 11 is 5.67. The first-order valence-corrected chi connectivity index (χ1v) is 7.53. The van der Waals surface area contributed by atoms with Gasteiger partial charge in [-0.1, -0.05) is 11.6 Å². The number of halogens is 2. The van der Waals surface area contributed by atoms with Gasteiger partial charge in [0.1, 0.15) is 5.02 Å². The van der Waals surface area contributed by atoms with Gasteiger partial charge in [-0.05, 0) is 26.2 Å². The van der Waals surface area contributed by atoms with Crippen LogP contribution in [-0.4, -0.2) is 56.8 Å². The third-order valence-corrected chi connectivity index (χ3v) is 4.86. The van der Waals surface area contributed by atoms with Crippen molar-refractivity contribution in [3.63, 3.8) is 0 Å². The highest BCUT2D eigenvalue weighted by molar-refractivity contribution is 7.89. The molecule has 0 saturated heterocycles. The molecule has 120 valence electrons. The van der Waals surface area contributed by atoms with Crippen LogP contribution in [0.2, 0.25) is 5.02 Å². The summed E-state index contributed by atoms with van der Waals surface area (Å²) in [6, 6.07) is 3.45. The number of nitrogens with zero attached hydrogens (tertiary/aromatic N) is 3. The van der Waals surface area contributed by atoms with Crippen molar-refractivity contribution in [1.82, 2.24) is 9.21 Å². The number of rotatable bonds is 6. The highest BCUT2D eigenvalue weighted by Gasteiger charge is 2.24. The van der Waals surface area contributed by atoms with E-state index < -0.39 is 20.6 Å². The fourth-order valence-electron chi connectivity index (χ4n) is 1.43. The second kappa shape index (κ2) is 7.90. The average Bonchev–Trinajstić information content (AvgIpc) is 2.35. The van der Waals surface area contributed by atoms with E-state index in [0.717, 1.165) is 10.4 Å². The number of benzene rings is 1. The van der Waals surface area contributed by atoms with Crippen molar-refractivity contribution in [1.29, 1.82) is 0 Å². The molecule has 10 heteroatoms. The summed E-state index contributed by atoms with van der Waals surface area (Å²) in [4.78, 5) is 11.8. The van der Waals surface area contributed by atoms with Gasteiger partial charge >= 0.3 is 0 Å². The van der Waals surface area contributed by atoms with Gasteiger partial charge in [-0.25, -0.2) is 8.42 Å². The summed E-state index contributed by atoms with van der Waals surface area (Å²) in [5.74, 6) is 0. The maximum atomic E-state index is 12.3. The molecule has 0 aliphatic rings. The number of nitro benzene ring substituents is 1. The molecule has 21 heavy (non-hydrogen) atoms.